The van der Waals surface area contributed by atoms with Crippen LogP contribution in [0.2, 0.25) is 5.02 Å². The fraction of sp³-hybridized carbons (Fsp3) is 0.412. The van der Waals surface area contributed by atoms with Crippen molar-refractivity contribution in [1.82, 2.24) is 5.32 Å². The lowest BCUT2D eigenvalue weighted by molar-refractivity contribution is 0.467. The van der Waals surface area contributed by atoms with Crippen molar-refractivity contribution in [3.05, 3.63) is 47.0 Å². The van der Waals surface area contributed by atoms with Crippen LogP contribution in [0.4, 0.5) is 0 Å². The minimum absolute atomic E-state index is 0.393. The average molecular weight is 276 g/mol. The van der Waals surface area contributed by atoms with Crippen LogP contribution in [0.1, 0.15) is 38.3 Å². The van der Waals surface area contributed by atoms with Crippen LogP contribution < -0.4 is 5.32 Å². The molecule has 19 heavy (non-hydrogen) atoms. The zero-order chi connectivity index (χ0) is 13.8. The molecule has 0 aliphatic heterocycles. The standard InChI is InChI=1S/C17H22ClN/c1-12(2)8-11-17(19-3)15-9-10-16(18)14-7-5-4-6-13(14)15/h4-7,9-10,12,17,19H,8,11H2,1-3H3. The molecule has 0 radical (unpaired) electrons. The Morgan fingerprint density at radius 2 is 1.68 bits per heavy atom. The Morgan fingerprint density at radius 3 is 2.32 bits per heavy atom. The number of fused-ring (bicyclic) bond motifs is 1. The van der Waals surface area contributed by atoms with Crippen molar-refractivity contribution in [2.75, 3.05) is 7.05 Å². The van der Waals surface area contributed by atoms with Crippen LogP contribution in [0.3, 0.4) is 0 Å². The summed E-state index contributed by atoms with van der Waals surface area (Å²) in [7, 11) is 2.04. The molecule has 0 saturated carbocycles. The Hall–Kier alpha value is -1.05. The quantitative estimate of drug-likeness (QED) is 0.792. The molecule has 0 saturated heterocycles. The van der Waals surface area contributed by atoms with E-state index in [-0.39, 0.29) is 0 Å². The fourth-order valence-electron chi connectivity index (χ4n) is 2.54. The van der Waals surface area contributed by atoms with Gasteiger partial charge in [-0.05, 0) is 42.8 Å². The first-order chi connectivity index (χ1) is 9.13. The Balaban J connectivity index is 2.40. The van der Waals surface area contributed by atoms with Crippen molar-refractivity contribution in [2.45, 2.75) is 32.7 Å². The zero-order valence-electron chi connectivity index (χ0n) is 11.9. The molecule has 0 spiro atoms. The molecule has 0 amide bonds. The second-order valence-corrected chi connectivity index (χ2v) is 5.90. The Kier molecular flexibility index (Phi) is 4.84. The van der Waals surface area contributed by atoms with E-state index in [9.17, 15) is 0 Å². The molecule has 0 aromatic heterocycles. The maximum absolute atomic E-state index is 6.28. The predicted molar refractivity (Wildman–Crippen MR) is 84.8 cm³/mol. The number of hydrogen-bond acceptors (Lipinski definition) is 1. The SMILES string of the molecule is CNC(CCC(C)C)c1ccc(Cl)c2ccccc12. The average Bonchev–Trinajstić information content (AvgIpc) is 2.41. The highest BCUT2D eigenvalue weighted by molar-refractivity contribution is 6.35. The van der Waals surface area contributed by atoms with Gasteiger partial charge in [0.25, 0.3) is 0 Å². The second-order valence-electron chi connectivity index (χ2n) is 5.49. The normalized spacial score (nSPS) is 13.1. The van der Waals surface area contributed by atoms with Crippen LogP contribution in [0.5, 0.6) is 0 Å². The van der Waals surface area contributed by atoms with E-state index >= 15 is 0 Å². The first-order valence-electron chi connectivity index (χ1n) is 6.98. The van der Waals surface area contributed by atoms with Crippen molar-refractivity contribution >= 4 is 22.4 Å². The topological polar surface area (TPSA) is 12.0 Å². The summed E-state index contributed by atoms with van der Waals surface area (Å²) in [6.07, 6.45) is 2.38. The van der Waals surface area contributed by atoms with E-state index in [0.29, 0.717) is 6.04 Å². The summed E-state index contributed by atoms with van der Waals surface area (Å²) in [5.41, 5.74) is 1.35. The van der Waals surface area contributed by atoms with E-state index < -0.39 is 0 Å². The van der Waals surface area contributed by atoms with Crippen LogP contribution in [0.25, 0.3) is 10.8 Å². The van der Waals surface area contributed by atoms with E-state index in [4.69, 9.17) is 11.6 Å². The van der Waals surface area contributed by atoms with Crippen LogP contribution in [-0.4, -0.2) is 7.05 Å². The number of nitrogens with one attached hydrogen (secondary N) is 1. The zero-order valence-corrected chi connectivity index (χ0v) is 12.7. The van der Waals surface area contributed by atoms with Gasteiger partial charge in [0.05, 0.1) is 0 Å². The molecule has 2 heteroatoms. The van der Waals surface area contributed by atoms with Gasteiger partial charge in [0, 0.05) is 16.5 Å². The molecule has 0 fully saturated rings. The molecule has 1 unspecified atom stereocenters. The van der Waals surface area contributed by atoms with E-state index in [0.717, 1.165) is 22.7 Å². The van der Waals surface area contributed by atoms with Crippen LogP contribution in [-0.2, 0) is 0 Å². The molecule has 0 heterocycles. The molecule has 0 bridgehead atoms. The van der Waals surface area contributed by atoms with Gasteiger partial charge in [0.15, 0.2) is 0 Å². The van der Waals surface area contributed by atoms with E-state index in [1.807, 2.05) is 19.2 Å². The second kappa shape index (κ2) is 6.40. The number of halogens is 1. The van der Waals surface area contributed by atoms with Crippen LogP contribution >= 0.6 is 11.6 Å². The smallest absolute Gasteiger partial charge is 0.0484 e. The van der Waals surface area contributed by atoms with Crippen molar-refractivity contribution in [2.24, 2.45) is 5.92 Å². The minimum atomic E-state index is 0.393. The minimum Gasteiger partial charge on any atom is -0.313 e. The third kappa shape index (κ3) is 3.29. The lowest BCUT2D eigenvalue weighted by Gasteiger charge is -2.20. The summed E-state index contributed by atoms with van der Waals surface area (Å²) in [5.74, 6) is 0.731. The van der Waals surface area contributed by atoms with Gasteiger partial charge in [0.2, 0.25) is 0 Å². The van der Waals surface area contributed by atoms with Gasteiger partial charge in [-0.25, -0.2) is 0 Å². The highest BCUT2D eigenvalue weighted by Gasteiger charge is 2.14. The van der Waals surface area contributed by atoms with Gasteiger partial charge in [-0.2, -0.15) is 0 Å². The van der Waals surface area contributed by atoms with Crippen molar-refractivity contribution in [1.29, 1.82) is 0 Å². The van der Waals surface area contributed by atoms with Gasteiger partial charge >= 0.3 is 0 Å². The molecule has 1 N–H and O–H groups in total. The summed E-state index contributed by atoms with van der Waals surface area (Å²) in [6.45, 7) is 4.54. The Morgan fingerprint density at radius 1 is 1.00 bits per heavy atom. The summed E-state index contributed by atoms with van der Waals surface area (Å²) >= 11 is 6.28. The largest absolute Gasteiger partial charge is 0.313 e. The highest BCUT2D eigenvalue weighted by Crippen LogP contribution is 2.32. The summed E-state index contributed by atoms with van der Waals surface area (Å²) in [6, 6.07) is 12.9. The van der Waals surface area contributed by atoms with E-state index in [2.05, 4.69) is 43.4 Å². The van der Waals surface area contributed by atoms with E-state index in [1.165, 1.54) is 17.4 Å². The van der Waals surface area contributed by atoms with Crippen molar-refractivity contribution < 1.29 is 0 Å². The third-order valence-corrected chi connectivity index (χ3v) is 3.99. The number of rotatable bonds is 5. The Bertz CT molecular complexity index is 548. The maximum atomic E-state index is 6.28. The van der Waals surface area contributed by atoms with Crippen molar-refractivity contribution in [3.63, 3.8) is 0 Å². The first-order valence-corrected chi connectivity index (χ1v) is 7.35. The molecular formula is C17H22ClN. The van der Waals surface area contributed by atoms with Gasteiger partial charge in [0.1, 0.15) is 0 Å². The number of benzene rings is 2. The van der Waals surface area contributed by atoms with E-state index in [1.54, 1.807) is 0 Å². The molecule has 0 aliphatic carbocycles. The van der Waals surface area contributed by atoms with Crippen molar-refractivity contribution in [3.8, 4) is 0 Å². The molecule has 1 nitrogen and oxygen atoms in total. The molecule has 0 aliphatic rings. The van der Waals surface area contributed by atoms with Gasteiger partial charge in [-0.3, -0.25) is 0 Å². The predicted octanol–water partition coefficient (Wildman–Crippen LogP) is 5.19. The van der Waals surface area contributed by atoms with Gasteiger partial charge in [-0.1, -0.05) is 55.8 Å². The van der Waals surface area contributed by atoms with Gasteiger partial charge in [-0.15, -0.1) is 0 Å². The summed E-state index contributed by atoms with van der Waals surface area (Å²) in [4.78, 5) is 0. The maximum Gasteiger partial charge on any atom is 0.0484 e. The molecular weight excluding hydrogens is 254 g/mol. The summed E-state index contributed by atoms with van der Waals surface area (Å²) < 4.78 is 0. The molecule has 2 rings (SSSR count). The monoisotopic (exact) mass is 275 g/mol. The summed E-state index contributed by atoms with van der Waals surface area (Å²) in [5, 5.41) is 6.68. The third-order valence-electron chi connectivity index (χ3n) is 3.66. The van der Waals surface area contributed by atoms with Gasteiger partial charge < -0.3 is 5.32 Å². The lowest BCUT2D eigenvalue weighted by Crippen LogP contribution is -2.17. The molecule has 1 atom stereocenters. The van der Waals surface area contributed by atoms with Crippen LogP contribution in [0, 0.1) is 5.92 Å². The molecule has 2 aromatic carbocycles. The van der Waals surface area contributed by atoms with Crippen LogP contribution in [0.15, 0.2) is 36.4 Å². The molecule has 102 valence electrons. The lowest BCUT2D eigenvalue weighted by atomic mass is 9.93. The molecule has 2 aromatic rings. The number of hydrogen-bond donors (Lipinski definition) is 1. The first kappa shape index (κ1) is 14.4. The highest BCUT2D eigenvalue weighted by atomic mass is 35.5. The fourth-order valence-corrected chi connectivity index (χ4v) is 2.77. The Labute approximate surface area is 121 Å².